The Bertz CT molecular complexity index is 118. The van der Waals surface area contributed by atoms with Crippen LogP contribution in [0.3, 0.4) is 0 Å². The first-order valence-corrected chi connectivity index (χ1v) is 2.27. The molecule has 4 heteroatoms. The summed E-state index contributed by atoms with van der Waals surface area (Å²) in [5.74, 6) is -0.748. The van der Waals surface area contributed by atoms with Gasteiger partial charge in [-0.05, 0) is 0 Å². The van der Waals surface area contributed by atoms with Crippen LogP contribution in [0.4, 0.5) is 0 Å². The molecule has 1 saturated heterocycles. The van der Waals surface area contributed by atoms with Crippen LogP contribution in [0.1, 0.15) is 0 Å². The Labute approximate surface area is 46.3 Å². The van der Waals surface area contributed by atoms with Crippen molar-refractivity contribution in [3.05, 3.63) is 0 Å². The monoisotopic (exact) mass is 113 g/mol. The highest BCUT2D eigenvalue weighted by atomic mass is 16.2. The van der Waals surface area contributed by atoms with Gasteiger partial charge in [-0.25, -0.2) is 0 Å². The van der Waals surface area contributed by atoms with Gasteiger partial charge in [0, 0.05) is 0 Å². The Morgan fingerprint density at radius 1 is 1.25 bits per heavy atom. The van der Waals surface area contributed by atoms with E-state index in [2.05, 4.69) is 10.6 Å². The number of nitrogens with one attached hydrogen (secondary N) is 1. The van der Waals surface area contributed by atoms with E-state index >= 15 is 0 Å². The number of imide groups is 1. The highest BCUT2D eigenvalue weighted by molar-refractivity contribution is 5.98. The summed E-state index contributed by atoms with van der Waals surface area (Å²) in [4.78, 5) is 20.4. The zero-order valence-electron chi connectivity index (χ0n) is 4.18. The highest BCUT2D eigenvalue weighted by Gasteiger charge is 2.14. The number of piperazine rings is 1. The van der Waals surface area contributed by atoms with E-state index in [4.69, 9.17) is 0 Å². The van der Waals surface area contributed by atoms with Gasteiger partial charge in [0.15, 0.2) is 0 Å². The molecule has 0 aliphatic carbocycles. The van der Waals surface area contributed by atoms with E-state index < -0.39 is 0 Å². The number of hydrogen-bond acceptors (Lipinski definition) is 3. The standard InChI is InChI=1S/C4H5N2O2/c7-3-1-5-2-4(8)6-3/h5H,1-2H2. The van der Waals surface area contributed by atoms with Gasteiger partial charge in [-0.15, -0.1) is 0 Å². The van der Waals surface area contributed by atoms with Crippen molar-refractivity contribution in [2.45, 2.75) is 0 Å². The number of hydrogen-bond donors (Lipinski definition) is 1. The van der Waals surface area contributed by atoms with Gasteiger partial charge < -0.3 is 0 Å². The molecule has 0 unspecified atom stereocenters. The molecule has 2 amide bonds. The molecule has 1 rings (SSSR count). The third kappa shape index (κ3) is 1.04. The topological polar surface area (TPSA) is 60.3 Å². The molecule has 0 spiro atoms. The van der Waals surface area contributed by atoms with Gasteiger partial charge in [-0.3, -0.25) is 14.9 Å². The van der Waals surface area contributed by atoms with Crippen molar-refractivity contribution in [3.8, 4) is 0 Å². The molecular formula is C4H5N2O2. The minimum Gasteiger partial charge on any atom is -0.300 e. The first-order valence-electron chi connectivity index (χ1n) is 2.27. The van der Waals surface area contributed by atoms with Gasteiger partial charge >= 0.3 is 0 Å². The van der Waals surface area contributed by atoms with Crippen molar-refractivity contribution in [2.75, 3.05) is 13.1 Å². The van der Waals surface area contributed by atoms with Crippen LogP contribution in [0.25, 0.3) is 0 Å². The third-order valence-electron chi connectivity index (χ3n) is 0.802. The van der Waals surface area contributed by atoms with Gasteiger partial charge in [0.25, 0.3) is 11.8 Å². The Morgan fingerprint density at radius 2 is 1.75 bits per heavy atom. The lowest BCUT2D eigenvalue weighted by molar-refractivity contribution is -0.132. The Morgan fingerprint density at radius 3 is 2.00 bits per heavy atom. The van der Waals surface area contributed by atoms with Crippen LogP contribution >= 0.6 is 0 Å². The number of nitrogens with zero attached hydrogens (tertiary/aromatic N) is 1. The number of amides is 2. The van der Waals surface area contributed by atoms with Crippen LogP contribution in [0.15, 0.2) is 0 Å². The van der Waals surface area contributed by atoms with Crippen molar-refractivity contribution >= 4 is 11.8 Å². The fourth-order valence-electron chi connectivity index (χ4n) is 0.495. The number of rotatable bonds is 0. The smallest absolute Gasteiger partial charge is 0.262 e. The molecule has 0 aromatic rings. The zero-order valence-corrected chi connectivity index (χ0v) is 4.18. The minimum atomic E-state index is -0.374. The predicted molar refractivity (Wildman–Crippen MR) is 25.0 cm³/mol. The van der Waals surface area contributed by atoms with Gasteiger partial charge in [0.2, 0.25) is 0 Å². The van der Waals surface area contributed by atoms with E-state index in [1.165, 1.54) is 0 Å². The highest BCUT2D eigenvalue weighted by Crippen LogP contribution is 1.76. The molecule has 0 atom stereocenters. The Kier molecular flexibility index (Phi) is 1.26. The van der Waals surface area contributed by atoms with Crippen LogP contribution in [0.2, 0.25) is 0 Å². The molecule has 4 nitrogen and oxygen atoms in total. The van der Waals surface area contributed by atoms with Crippen LogP contribution in [-0.4, -0.2) is 24.9 Å². The summed E-state index contributed by atoms with van der Waals surface area (Å²) in [6, 6.07) is 0. The first kappa shape index (κ1) is 5.24. The largest absolute Gasteiger partial charge is 0.300 e. The molecule has 0 bridgehead atoms. The van der Waals surface area contributed by atoms with Gasteiger partial charge in [0.05, 0.1) is 13.1 Å². The van der Waals surface area contributed by atoms with Gasteiger partial charge in [-0.2, -0.15) is 5.32 Å². The maximum atomic E-state index is 10.2. The fourth-order valence-corrected chi connectivity index (χ4v) is 0.495. The second kappa shape index (κ2) is 1.92. The summed E-state index contributed by atoms with van der Waals surface area (Å²) in [7, 11) is 0. The second-order valence-electron chi connectivity index (χ2n) is 1.50. The number of carbonyl (C=O) groups is 2. The lowest BCUT2D eigenvalue weighted by atomic mass is 10.4. The zero-order chi connectivity index (χ0) is 5.98. The van der Waals surface area contributed by atoms with E-state index in [1.807, 2.05) is 0 Å². The average Bonchev–Trinajstić information content (AvgIpc) is 1.64. The summed E-state index contributed by atoms with van der Waals surface area (Å²) in [6.07, 6.45) is 0. The molecule has 1 N–H and O–H groups in total. The van der Waals surface area contributed by atoms with Crippen LogP contribution in [0, 0.1) is 0 Å². The summed E-state index contributed by atoms with van der Waals surface area (Å²) in [6.45, 7) is 0.400. The van der Waals surface area contributed by atoms with E-state index in [0.29, 0.717) is 0 Å². The Balaban J connectivity index is 2.45. The van der Waals surface area contributed by atoms with Crippen molar-refractivity contribution in [2.24, 2.45) is 0 Å². The van der Waals surface area contributed by atoms with E-state index in [0.717, 1.165) is 0 Å². The summed E-state index contributed by atoms with van der Waals surface area (Å²) in [5, 5.41) is 5.73. The SMILES string of the molecule is O=C1CNCC(=O)[N]1. The minimum absolute atomic E-state index is 0.200. The van der Waals surface area contributed by atoms with Crippen LogP contribution in [-0.2, 0) is 9.59 Å². The molecule has 43 valence electrons. The molecule has 1 radical (unpaired) electrons. The summed E-state index contributed by atoms with van der Waals surface area (Å²) < 4.78 is 0. The molecule has 8 heavy (non-hydrogen) atoms. The van der Waals surface area contributed by atoms with E-state index in [1.54, 1.807) is 0 Å². The molecule has 1 heterocycles. The normalized spacial score (nSPS) is 20.5. The Hall–Kier alpha value is -0.900. The molecule has 1 fully saturated rings. The second-order valence-corrected chi connectivity index (χ2v) is 1.50. The van der Waals surface area contributed by atoms with Crippen LogP contribution < -0.4 is 10.6 Å². The molecule has 1 aliphatic rings. The third-order valence-corrected chi connectivity index (χ3v) is 0.802. The quantitative estimate of drug-likeness (QED) is 0.379. The van der Waals surface area contributed by atoms with E-state index in [9.17, 15) is 9.59 Å². The lowest BCUT2D eigenvalue weighted by Crippen LogP contribution is -2.44. The molecule has 1 aliphatic heterocycles. The van der Waals surface area contributed by atoms with Gasteiger partial charge in [0.1, 0.15) is 0 Å². The maximum absolute atomic E-state index is 10.2. The number of carbonyl (C=O) groups excluding carboxylic acids is 2. The first-order chi connectivity index (χ1) is 3.79. The van der Waals surface area contributed by atoms with Crippen molar-refractivity contribution in [1.29, 1.82) is 0 Å². The van der Waals surface area contributed by atoms with Crippen molar-refractivity contribution in [3.63, 3.8) is 0 Å². The lowest BCUT2D eigenvalue weighted by Gasteiger charge is -2.06. The van der Waals surface area contributed by atoms with Crippen molar-refractivity contribution < 1.29 is 9.59 Å². The molecule has 0 aromatic heterocycles. The predicted octanol–water partition coefficient (Wildman–Crippen LogP) is -1.75. The molecule has 0 aromatic carbocycles. The fraction of sp³-hybridized carbons (Fsp3) is 0.500. The summed E-state index contributed by atoms with van der Waals surface area (Å²) in [5.41, 5.74) is 0. The average molecular weight is 113 g/mol. The summed E-state index contributed by atoms with van der Waals surface area (Å²) >= 11 is 0. The molecule has 0 saturated carbocycles. The molecular weight excluding hydrogens is 108 g/mol. The maximum Gasteiger partial charge on any atom is 0.262 e. The van der Waals surface area contributed by atoms with Gasteiger partial charge in [-0.1, -0.05) is 0 Å². The van der Waals surface area contributed by atoms with E-state index in [-0.39, 0.29) is 24.9 Å². The van der Waals surface area contributed by atoms with Crippen molar-refractivity contribution in [1.82, 2.24) is 10.6 Å². The van der Waals surface area contributed by atoms with Crippen LogP contribution in [0.5, 0.6) is 0 Å².